The van der Waals surface area contributed by atoms with Gasteiger partial charge in [0.05, 0.1) is 11.6 Å². The molecule has 1 aliphatic rings. The number of fused-ring (bicyclic) bond motifs is 1. The van der Waals surface area contributed by atoms with Gasteiger partial charge in [0.25, 0.3) is 0 Å². The van der Waals surface area contributed by atoms with E-state index < -0.39 is 0 Å². The van der Waals surface area contributed by atoms with E-state index in [1.165, 1.54) is 0 Å². The van der Waals surface area contributed by atoms with Gasteiger partial charge in [-0.15, -0.1) is 0 Å². The molecule has 1 heterocycles. The zero-order chi connectivity index (χ0) is 15.0. The average Bonchev–Trinajstić information content (AvgIpc) is 2.46. The third-order valence-electron chi connectivity index (χ3n) is 4.48. The molecule has 0 saturated heterocycles. The van der Waals surface area contributed by atoms with Crippen LogP contribution in [0.15, 0.2) is 24.3 Å². The quantitative estimate of drug-likeness (QED) is 0.904. The number of nitrogens with zero attached hydrogens (tertiary/aromatic N) is 2. The second kappa shape index (κ2) is 5.15. The first-order valence-corrected chi connectivity index (χ1v) is 7.42. The fraction of sp³-hybridized carbons (Fsp3) is 0.500. The summed E-state index contributed by atoms with van der Waals surface area (Å²) in [6, 6.07) is 8.24. The lowest BCUT2D eigenvalue weighted by atomic mass is 9.64. The van der Waals surface area contributed by atoms with Crippen molar-refractivity contribution in [3.8, 4) is 0 Å². The number of nitrogens with two attached hydrogens (primary N) is 1. The fourth-order valence-electron chi connectivity index (χ4n) is 2.98. The van der Waals surface area contributed by atoms with Crippen molar-refractivity contribution in [1.29, 1.82) is 0 Å². The number of hydrogen-bond donors (Lipinski definition) is 2. The molecule has 21 heavy (non-hydrogen) atoms. The third kappa shape index (κ3) is 2.42. The lowest BCUT2D eigenvalue weighted by molar-refractivity contribution is -0.0976. The van der Waals surface area contributed by atoms with Crippen molar-refractivity contribution in [2.75, 3.05) is 17.7 Å². The monoisotopic (exact) mass is 286 g/mol. The number of benzene rings is 1. The van der Waals surface area contributed by atoms with Gasteiger partial charge in [-0.1, -0.05) is 26.0 Å². The highest BCUT2D eigenvalue weighted by atomic mass is 16.5. The Kier molecular flexibility index (Phi) is 3.45. The van der Waals surface area contributed by atoms with Crippen molar-refractivity contribution in [1.82, 2.24) is 9.97 Å². The van der Waals surface area contributed by atoms with Crippen molar-refractivity contribution in [3.05, 3.63) is 24.3 Å². The normalized spacial score (nSPS) is 23.8. The Bertz CT molecular complexity index is 656. The van der Waals surface area contributed by atoms with Crippen LogP contribution in [0.3, 0.4) is 0 Å². The Balaban J connectivity index is 1.86. The molecule has 5 heteroatoms. The van der Waals surface area contributed by atoms with Gasteiger partial charge in [0, 0.05) is 23.4 Å². The van der Waals surface area contributed by atoms with Gasteiger partial charge in [-0.3, -0.25) is 0 Å². The predicted octanol–water partition coefficient (Wildman–Crippen LogP) is 2.83. The third-order valence-corrected chi connectivity index (χ3v) is 4.48. The summed E-state index contributed by atoms with van der Waals surface area (Å²) in [4.78, 5) is 8.64. The van der Waals surface area contributed by atoms with Crippen LogP contribution in [0.25, 0.3) is 10.9 Å². The Morgan fingerprint density at radius 2 is 2.10 bits per heavy atom. The first-order chi connectivity index (χ1) is 10.0. The highest BCUT2D eigenvalue weighted by Gasteiger charge is 2.49. The molecule has 1 aromatic heterocycles. The molecule has 0 amide bonds. The molecular weight excluding hydrogens is 264 g/mol. The number of rotatable bonds is 4. The van der Waals surface area contributed by atoms with Crippen molar-refractivity contribution in [3.63, 3.8) is 0 Å². The molecule has 0 spiro atoms. The molecule has 1 aromatic carbocycles. The minimum absolute atomic E-state index is 0.0802. The zero-order valence-electron chi connectivity index (χ0n) is 12.8. The molecule has 0 aliphatic heterocycles. The summed E-state index contributed by atoms with van der Waals surface area (Å²) in [7, 11) is 0. The van der Waals surface area contributed by atoms with Gasteiger partial charge in [-0.2, -0.15) is 4.98 Å². The fourth-order valence-corrected chi connectivity index (χ4v) is 2.98. The average molecular weight is 286 g/mol. The molecule has 2 unspecified atom stereocenters. The molecule has 2 aromatic rings. The van der Waals surface area contributed by atoms with Gasteiger partial charge in [0.1, 0.15) is 5.82 Å². The number of nitrogen functional groups attached to an aromatic ring is 1. The summed E-state index contributed by atoms with van der Waals surface area (Å²) in [6.07, 6.45) is 1.28. The van der Waals surface area contributed by atoms with E-state index in [4.69, 9.17) is 10.5 Å². The van der Waals surface area contributed by atoms with Gasteiger partial charge in [0.15, 0.2) is 0 Å². The minimum atomic E-state index is 0.0802. The van der Waals surface area contributed by atoms with Gasteiger partial charge < -0.3 is 15.8 Å². The van der Waals surface area contributed by atoms with Crippen molar-refractivity contribution in [2.45, 2.75) is 39.3 Å². The van der Waals surface area contributed by atoms with E-state index in [0.717, 1.165) is 29.7 Å². The second-order valence-electron chi connectivity index (χ2n) is 6.15. The number of ether oxygens (including phenoxy) is 1. The molecule has 3 rings (SSSR count). The van der Waals surface area contributed by atoms with Crippen LogP contribution < -0.4 is 11.1 Å². The van der Waals surface area contributed by atoms with Gasteiger partial charge >= 0.3 is 0 Å². The molecule has 1 saturated carbocycles. The first kappa shape index (κ1) is 14.1. The molecule has 5 nitrogen and oxygen atoms in total. The maximum Gasteiger partial charge on any atom is 0.222 e. The number of hydrogen-bond acceptors (Lipinski definition) is 5. The summed E-state index contributed by atoms with van der Waals surface area (Å²) in [5.74, 6) is 1.11. The van der Waals surface area contributed by atoms with Crippen LogP contribution in [0.1, 0.15) is 27.2 Å². The topological polar surface area (TPSA) is 73.1 Å². The van der Waals surface area contributed by atoms with E-state index >= 15 is 0 Å². The standard InChI is InChI=1S/C16H22N4O/c1-4-21-13-9-12(16(13,2)3)19-14-10-7-5-6-8-11(10)18-15(17)20-14/h5-8,12-13H,4,9H2,1-3H3,(H3,17,18,19,20). The summed E-state index contributed by atoms with van der Waals surface area (Å²) < 4.78 is 5.77. The molecule has 112 valence electrons. The predicted molar refractivity (Wildman–Crippen MR) is 85.2 cm³/mol. The van der Waals surface area contributed by atoms with Crippen LogP contribution in [0.2, 0.25) is 0 Å². The summed E-state index contributed by atoms with van der Waals surface area (Å²) in [6.45, 7) is 7.24. The smallest absolute Gasteiger partial charge is 0.222 e. The van der Waals surface area contributed by atoms with E-state index in [9.17, 15) is 0 Å². The highest BCUT2D eigenvalue weighted by Crippen LogP contribution is 2.44. The lowest BCUT2D eigenvalue weighted by Gasteiger charge is -2.51. The Morgan fingerprint density at radius 3 is 2.81 bits per heavy atom. The largest absolute Gasteiger partial charge is 0.378 e. The van der Waals surface area contributed by atoms with Crippen molar-refractivity contribution >= 4 is 22.7 Å². The number of nitrogens with one attached hydrogen (secondary N) is 1. The van der Waals surface area contributed by atoms with Crippen molar-refractivity contribution < 1.29 is 4.74 Å². The molecule has 2 atom stereocenters. The van der Waals surface area contributed by atoms with Gasteiger partial charge in [0.2, 0.25) is 5.95 Å². The molecule has 0 bridgehead atoms. The molecular formula is C16H22N4O. The molecule has 3 N–H and O–H groups in total. The summed E-state index contributed by atoms with van der Waals surface area (Å²) in [5.41, 5.74) is 6.76. The number of anilines is 2. The molecule has 1 aliphatic carbocycles. The Hall–Kier alpha value is -1.88. The maximum absolute atomic E-state index is 5.82. The van der Waals surface area contributed by atoms with Crippen LogP contribution in [-0.2, 0) is 4.74 Å². The molecule has 1 fully saturated rings. The maximum atomic E-state index is 5.82. The van der Waals surface area contributed by atoms with Crippen LogP contribution in [0, 0.1) is 5.41 Å². The van der Waals surface area contributed by atoms with E-state index in [-0.39, 0.29) is 5.41 Å². The zero-order valence-corrected chi connectivity index (χ0v) is 12.8. The van der Waals surface area contributed by atoms with Crippen LogP contribution >= 0.6 is 0 Å². The van der Waals surface area contributed by atoms with E-state index in [1.54, 1.807) is 0 Å². The van der Waals surface area contributed by atoms with Crippen molar-refractivity contribution in [2.24, 2.45) is 5.41 Å². The van der Waals surface area contributed by atoms with Crippen LogP contribution in [0.5, 0.6) is 0 Å². The van der Waals surface area contributed by atoms with Gasteiger partial charge in [-0.25, -0.2) is 4.98 Å². The molecule has 0 radical (unpaired) electrons. The van der Waals surface area contributed by atoms with Gasteiger partial charge in [-0.05, 0) is 25.5 Å². The SMILES string of the molecule is CCOC1CC(Nc2nc(N)nc3ccccc23)C1(C)C. The van der Waals surface area contributed by atoms with Crippen LogP contribution in [-0.4, -0.2) is 28.7 Å². The summed E-state index contributed by atoms with van der Waals surface area (Å²) >= 11 is 0. The first-order valence-electron chi connectivity index (χ1n) is 7.42. The Labute approximate surface area is 124 Å². The van der Waals surface area contributed by atoms with E-state index in [2.05, 4.69) is 29.1 Å². The number of para-hydroxylation sites is 1. The Morgan fingerprint density at radius 1 is 1.33 bits per heavy atom. The lowest BCUT2D eigenvalue weighted by Crippen LogP contribution is -2.58. The summed E-state index contributed by atoms with van der Waals surface area (Å²) in [5, 5.41) is 4.53. The minimum Gasteiger partial charge on any atom is -0.378 e. The van der Waals surface area contributed by atoms with E-state index in [0.29, 0.717) is 18.1 Å². The highest BCUT2D eigenvalue weighted by molar-refractivity contribution is 5.90. The van der Waals surface area contributed by atoms with E-state index in [1.807, 2.05) is 31.2 Å². The number of aromatic nitrogens is 2. The second-order valence-corrected chi connectivity index (χ2v) is 6.15. The van der Waals surface area contributed by atoms with Crippen LogP contribution in [0.4, 0.5) is 11.8 Å².